The van der Waals surface area contributed by atoms with Crippen LogP contribution in [0.5, 0.6) is 0 Å². The van der Waals surface area contributed by atoms with E-state index in [1.54, 1.807) is 6.92 Å². The number of nitrogens with zero attached hydrogens (tertiary/aromatic N) is 1. The van der Waals surface area contributed by atoms with Crippen molar-refractivity contribution in [3.8, 4) is 0 Å². The number of carboxylic acid groups (broad SMARTS) is 1. The minimum Gasteiger partial charge on any atom is -0.480 e. The zero-order chi connectivity index (χ0) is 15.3. The van der Waals surface area contributed by atoms with Crippen molar-refractivity contribution >= 4 is 12.0 Å². The average Bonchev–Trinajstić information content (AvgIpc) is 2.39. The minimum absolute atomic E-state index is 0.170. The lowest BCUT2D eigenvalue weighted by Crippen LogP contribution is -2.47. The van der Waals surface area contributed by atoms with Gasteiger partial charge in [0.15, 0.2) is 0 Å². The smallest absolute Gasteiger partial charge is 0.326 e. The first kappa shape index (κ1) is 16.0. The third-order valence-electron chi connectivity index (χ3n) is 3.38. The van der Waals surface area contributed by atoms with E-state index >= 15 is 0 Å². The largest absolute Gasteiger partial charge is 0.480 e. The van der Waals surface area contributed by atoms with Gasteiger partial charge in [-0.05, 0) is 25.8 Å². The number of urea groups is 1. The highest BCUT2D eigenvalue weighted by Crippen LogP contribution is 2.14. The van der Waals surface area contributed by atoms with Crippen LogP contribution >= 0.6 is 0 Å². The van der Waals surface area contributed by atoms with Gasteiger partial charge >= 0.3 is 12.0 Å². The SMILES string of the molecule is CCC(C(=O)O)N(C)C(=O)NC(C)c1ccc(C)cc1. The molecule has 0 aliphatic rings. The molecule has 0 aromatic heterocycles. The van der Waals surface area contributed by atoms with E-state index in [0.29, 0.717) is 6.42 Å². The van der Waals surface area contributed by atoms with E-state index in [2.05, 4.69) is 5.32 Å². The fourth-order valence-electron chi connectivity index (χ4n) is 1.98. The number of carbonyl (C=O) groups excluding carboxylic acids is 1. The van der Waals surface area contributed by atoms with E-state index < -0.39 is 12.0 Å². The maximum atomic E-state index is 12.0. The Balaban J connectivity index is 2.69. The Labute approximate surface area is 119 Å². The highest BCUT2D eigenvalue weighted by molar-refractivity contribution is 5.82. The van der Waals surface area contributed by atoms with Crippen LogP contribution in [0.1, 0.15) is 37.4 Å². The number of hydrogen-bond acceptors (Lipinski definition) is 2. The first-order chi connectivity index (χ1) is 9.36. The Morgan fingerprint density at radius 1 is 1.30 bits per heavy atom. The van der Waals surface area contributed by atoms with Gasteiger partial charge in [0.2, 0.25) is 0 Å². The van der Waals surface area contributed by atoms with Gasteiger partial charge in [0.25, 0.3) is 0 Å². The third kappa shape index (κ3) is 3.98. The lowest BCUT2D eigenvalue weighted by molar-refractivity contribution is -0.141. The van der Waals surface area contributed by atoms with E-state index in [1.165, 1.54) is 11.9 Å². The minimum atomic E-state index is -0.992. The van der Waals surface area contributed by atoms with E-state index in [1.807, 2.05) is 38.1 Å². The molecule has 0 saturated carbocycles. The molecule has 0 heterocycles. The van der Waals surface area contributed by atoms with Crippen LogP contribution in [0.15, 0.2) is 24.3 Å². The highest BCUT2D eigenvalue weighted by atomic mass is 16.4. The summed E-state index contributed by atoms with van der Waals surface area (Å²) in [6, 6.07) is 6.51. The molecule has 2 unspecified atom stereocenters. The second-order valence-corrected chi connectivity index (χ2v) is 4.96. The fraction of sp³-hybridized carbons (Fsp3) is 0.467. The first-order valence-electron chi connectivity index (χ1n) is 6.69. The normalized spacial score (nSPS) is 13.4. The second kappa shape index (κ2) is 6.93. The van der Waals surface area contributed by atoms with Crippen molar-refractivity contribution in [1.82, 2.24) is 10.2 Å². The van der Waals surface area contributed by atoms with E-state index in [9.17, 15) is 9.59 Å². The first-order valence-corrected chi connectivity index (χ1v) is 6.69. The molecule has 2 N–H and O–H groups in total. The molecule has 20 heavy (non-hydrogen) atoms. The number of aliphatic carboxylic acids is 1. The molecule has 5 nitrogen and oxygen atoms in total. The third-order valence-corrected chi connectivity index (χ3v) is 3.38. The molecule has 0 bridgehead atoms. The molecule has 1 aromatic rings. The number of aryl methyl sites for hydroxylation is 1. The number of likely N-dealkylation sites (N-methyl/N-ethyl adjacent to an activating group) is 1. The van der Waals surface area contributed by atoms with Crippen LogP contribution in [0, 0.1) is 6.92 Å². The molecule has 0 radical (unpaired) electrons. The van der Waals surface area contributed by atoms with Crippen molar-refractivity contribution in [2.75, 3.05) is 7.05 Å². The van der Waals surface area contributed by atoms with E-state index in [0.717, 1.165) is 11.1 Å². The number of hydrogen-bond donors (Lipinski definition) is 2. The number of carboxylic acids is 1. The Bertz CT molecular complexity index is 471. The van der Waals surface area contributed by atoms with Gasteiger partial charge in [0.05, 0.1) is 6.04 Å². The van der Waals surface area contributed by atoms with Crippen molar-refractivity contribution in [3.05, 3.63) is 35.4 Å². The van der Waals surface area contributed by atoms with Crippen LogP contribution < -0.4 is 5.32 Å². The molecule has 2 atom stereocenters. The Kier molecular flexibility index (Phi) is 5.55. The monoisotopic (exact) mass is 278 g/mol. The predicted octanol–water partition coefficient (Wildman–Crippen LogP) is 2.56. The van der Waals surface area contributed by atoms with E-state index in [-0.39, 0.29) is 12.1 Å². The highest BCUT2D eigenvalue weighted by Gasteiger charge is 2.25. The molecule has 5 heteroatoms. The van der Waals surface area contributed by atoms with Crippen molar-refractivity contribution in [2.45, 2.75) is 39.3 Å². The van der Waals surface area contributed by atoms with Crippen LogP contribution in [0.2, 0.25) is 0 Å². The standard InChI is InChI=1S/C15H22N2O3/c1-5-13(14(18)19)17(4)15(20)16-11(3)12-8-6-10(2)7-9-12/h6-9,11,13H,5H2,1-4H3,(H,16,20)(H,18,19). The number of rotatable bonds is 5. The van der Waals surface area contributed by atoms with Crippen LogP contribution in [0.3, 0.4) is 0 Å². The number of amides is 2. The molecule has 0 aliphatic heterocycles. The molecule has 110 valence electrons. The Morgan fingerprint density at radius 2 is 1.85 bits per heavy atom. The topological polar surface area (TPSA) is 69.6 Å². The summed E-state index contributed by atoms with van der Waals surface area (Å²) in [4.78, 5) is 24.3. The lowest BCUT2D eigenvalue weighted by Gasteiger charge is -2.26. The fourth-order valence-corrected chi connectivity index (χ4v) is 1.98. The number of benzene rings is 1. The van der Waals surface area contributed by atoms with Gasteiger partial charge in [-0.3, -0.25) is 0 Å². The number of carbonyl (C=O) groups is 2. The summed E-state index contributed by atoms with van der Waals surface area (Å²) >= 11 is 0. The molecular weight excluding hydrogens is 256 g/mol. The van der Waals surface area contributed by atoms with Crippen LogP contribution in [-0.2, 0) is 4.79 Å². The molecule has 0 fully saturated rings. The predicted molar refractivity (Wildman–Crippen MR) is 77.6 cm³/mol. The zero-order valence-electron chi connectivity index (χ0n) is 12.4. The van der Waals surface area contributed by atoms with E-state index in [4.69, 9.17) is 5.11 Å². The molecule has 1 aromatic carbocycles. The van der Waals surface area contributed by atoms with Crippen molar-refractivity contribution in [2.24, 2.45) is 0 Å². The summed E-state index contributed by atoms with van der Waals surface area (Å²) in [6.07, 6.45) is 0.373. The molecule has 0 spiro atoms. The Morgan fingerprint density at radius 3 is 2.30 bits per heavy atom. The molecule has 1 rings (SSSR count). The summed E-state index contributed by atoms with van der Waals surface area (Å²) < 4.78 is 0. The second-order valence-electron chi connectivity index (χ2n) is 4.96. The van der Waals surface area contributed by atoms with Gasteiger partial charge in [-0.15, -0.1) is 0 Å². The molecule has 0 saturated heterocycles. The number of nitrogens with one attached hydrogen (secondary N) is 1. The van der Waals surface area contributed by atoms with Gasteiger partial charge in [-0.1, -0.05) is 36.8 Å². The molecular formula is C15H22N2O3. The van der Waals surface area contributed by atoms with Gasteiger partial charge in [0, 0.05) is 7.05 Å². The van der Waals surface area contributed by atoms with Crippen molar-refractivity contribution < 1.29 is 14.7 Å². The quantitative estimate of drug-likeness (QED) is 0.869. The van der Waals surface area contributed by atoms with Gasteiger partial charge in [0.1, 0.15) is 6.04 Å². The van der Waals surface area contributed by atoms with Gasteiger partial charge in [-0.25, -0.2) is 9.59 Å². The lowest BCUT2D eigenvalue weighted by atomic mass is 10.1. The van der Waals surface area contributed by atoms with Crippen LogP contribution in [-0.4, -0.2) is 35.1 Å². The van der Waals surface area contributed by atoms with Crippen LogP contribution in [0.4, 0.5) is 4.79 Å². The average molecular weight is 278 g/mol. The Hall–Kier alpha value is -2.04. The van der Waals surface area contributed by atoms with Crippen molar-refractivity contribution in [1.29, 1.82) is 0 Å². The van der Waals surface area contributed by atoms with Gasteiger partial charge in [-0.2, -0.15) is 0 Å². The summed E-state index contributed by atoms with van der Waals surface area (Å²) in [7, 11) is 1.50. The maximum absolute atomic E-state index is 12.0. The summed E-state index contributed by atoms with van der Waals surface area (Å²) in [5, 5.41) is 11.9. The van der Waals surface area contributed by atoms with Gasteiger partial charge < -0.3 is 15.3 Å². The van der Waals surface area contributed by atoms with Crippen LogP contribution in [0.25, 0.3) is 0 Å². The zero-order valence-corrected chi connectivity index (χ0v) is 12.4. The summed E-state index contributed by atoms with van der Waals surface area (Å²) in [5.41, 5.74) is 2.14. The molecule has 2 amide bonds. The summed E-state index contributed by atoms with van der Waals surface area (Å²) in [6.45, 7) is 5.61. The van der Waals surface area contributed by atoms with Crippen molar-refractivity contribution in [3.63, 3.8) is 0 Å². The molecule has 0 aliphatic carbocycles. The summed E-state index contributed by atoms with van der Waals surface area (Å²) in [5.74, 6) is -0.992. The maximum Gasteiger partial charge on any atom is 0.326 e.